The number of rotatable bonds is 4. The zero-order valence-electron chi connectivity index (χ0n) is 11.6. The molecular formula is C13H23NO4. The van der Waals surface area contributed by atoms with E-state index < -0.39 is 11.4 Å². The highest BCUT2D eigenvalue weighted by Gasteiger charge is 2.40. The topological polar surface area (TPSA) is 66.8 Å². The fraction of sp³-hybridized carbons (Fsp3) is 0.846. The summed E-state index contributed by atoms with van der Waals surface area (Å²) < 4.78 is 5.37. The maximum absolute atomic E-state index is 12.2. The molecule has 1 fully saturated rings. The first-order valence-electron chi connectivity index (χ1n) is 6.40. The fourth-order valence-corrected chi connectivity index (χ4v) is 2.00. The van der Waals surface area contributed by atoms with E-state index >= 15 is 0 Å². The average Bonchev–Trinajstić information content (AvgIpc) is 2.28. The molecule has 104 valence electrons. The zero-order valence-corrected chi connectivity index (χ0v) is 11.6. The van der Waals surface area contributed by atoms with Crippen LogP contribution in [-0.2, 0) is 14.3 Å². The van der Waals surface area contributed by atoms with E-state index in [1.807, 2.05) is 20.8 Å². The zero-order chi connectivity index (χ0) is 13.9. The van der Waals surface area contributed by atoms with Gasteiger partial charge in [0.05, 0.1) is 18.1 Å². The van der Waals surface area contributed by atoms with E-state index in [0.29, 0.717) is 19.7 Å². The third-order valence-electron chi connectivity index (χ3n) is 3.88. The molecule has 1 aliphatic heterocycles. The van der Waals surface area contributed by atoms with Gasteiger partial charge in [0.2, 0.25) is 5.91 Å². The van der Waals surface area contributed by atoms with Gasteiger partial charge in [-0.25, -0.2) is 0 Å². The first-order chi connectivity index (χ1) is 8.27. The van der Waals surface area contributed by atoms with Crippen LogP contribution < -0.4 is 0 Å². The Morgan fingerprint density at radius 3 is 2.56 bits per heavy atom. The lowest BCUT2D eigenvalue weighted by Crippen LogP contribution is -2.47. The van der Waals surface area contributed by atoms with Gasteiger partial charge in [0.1, 0.15) is 0 Å². The lowest BCUT2D eigenvalue weighted by atomic mass is 9.76. The molecule has 1 amide bonds. The highest BCUT2D eigenvalue weighted by atomic mass is 16.5. The maximum atomic E-state index is 12.2. The van der Waals surface area contributed by atoms with Crippen molar-refractivity contribution in [3.63, 3.8) is 0 Å². The van der Waals surface area contributed by atoms with Gasteiger partial charge in [0, 0.05) is 19.5 Å². The molecule has 0 bridgehead atoms. The number of carbonyl (C=O) groups excluding carboxylic acids is 1. The molecule has 0 radical (unpaired) electrons. The van der Waals surface area contributed by atoms with Crippen molar-refractivity contribution in [3.05, 3.63) is 0 Å². The molecule has 0 aromatic heterocycles. The number of morpholine rings is 1. The maximum Gasteiger partial charge on any atom is 0.310 e. The van der Waals surface area contributed by atoms with Gasteiger partial charge in [0.15, 0.2) is 0 Å². The Balaban J connectivity index is 2.70. The molecular weight excluding hydrogens is 234 g/mol. The number of ether oxygens (including phenoxy) is 1. The van der Waals surface area contributed by atoms with Crippen LogP contribution in [0.2, 0.25) is 0 Å². The fourth-order valence-electron chi connectivity index (χ4n) is 2.00. The van der Waals surface area contributed by atoms with Gasteiger partial charge in [0.25, 0.3) is 0 Å². The summed E-state index contributed by atoms with van der Waals surface area (Å²) in [5.41, 5.74) is -1.00. The summed E-state index contributed by atoms with van der Waals surface area (Å²) in [4.78, 5) is 25.2. The monoisotopic (exact) mass is 257 g/mol. The normalized spacial score (nSPS) is 23.8. The van der Waals surface area contributed by atoms with Gasteiger partial charge in [-0.2, -0.15) is 0 Å². The molecule has 5 nitrogen and oxygen atoms in total. The standard InChI is InChI=1S/C13H23NO4/c1-9(2)13(4,12(16)17)7-11(15)14-5-6-18-10(3)8-14/h9-10H,5-8H2,1-4H3,(H,16,17). The van der Waals surface area contributed by atoms with Crippen molar-refractivity contribution >= 4 is 11.9 Å². The SMILES string of the molecule is CC1CN(C(=O)CC(C)(C(=O)O)C(C)C)CCO1. The molecule has 0 aromatic rings. The third kappa shape index (κ3) is 3.22. The Morgan fingerprint density at radius 1 is 1.50 bits per heavy atom. The van der Waals surface area contributed by atoms with E-state index in [1.54, 1.807) is 11.8 Å². The number of hydrogen-bond donors (Lipinski definition) is 1. The van der Waals surface area contributed by atoms with E-state index in [9.17, 15) is 14.7 Å². The van der Waals surface area contributed by atoms with Crippen molar-refractivity contribution in [3.8, 4) is 0 Å². The van der Waals surface area contributed by atoms with Crippen LogP contribution >= 0.6 is 0 Å². The molecule has 2 atom stereocenters. The second-order valence-electron chi connectivity index (χ2n) is 5.58. The number of carboxylic acid groups (broad SMARTS) is 1. The Kier molecular flexibility index (Phi) is 4.73. The molecule has 2 unspecified atom stereocenters. The number of nitrogens with zero attached hydrogens (tertiary/aromatic N) is 1. The second kappa shape index (κ2) is 5.69. The van der Waals surface area contributed by atoms with Crippen molar-refractivity contribution in [2.45, 2.75) is 40.2 Å². The quantitative estimate of drug-likeness (QED) is 0.826. The minimum absolute atomic E-state index is 0.0258. The number of aliphatic carboxylic acids is 1. The minimum Gasteiger partial charge on any atom is -0.481 e. The summed E-state index contributed by atoms with van der Waals surface area (Å²) in [6.07, 6.45) is 0.0741. The van der Waals surface area contributed by atoms with Crippen LogP contribution in [0.5, 0.6) is 0 Å². The molecule has 1 rings (SSSR count). The molecule has 1 heterocycles. The minimum atomic E-state index is -1.00. The second-order valence-corrected chi connectivity index (χ2v) is 5.58. The van der Waals surface area contributed by atoms with E-state index in [2.05, 4.69) is 0 Å². The van der Waals surface area contributed by atoms with Gasteiger partial charge in [-0.15, -0.1) is 0 Å². The van der Waals surface area contributed by atoms with Crippen LogP contribution in [0.3, 0.4) is 0 Å². The molecule has 0 spiro atoms. The Labute approximate surface area is 108 Å². The summed E-state index contributed by atoms with van der Waals surface area (Å²) >= 11 is 0. The van der Waals surface area contributed by atoms with E-state index in [4.69, 9.17) is 4.74 Å². The first-order valence-corrected chi connectivity index (χ1v) is 6.40. The summed E-state index contributed by atoms with van der Waals surface area (Å²) in [6, 6.07) is 0. The van der Waals surface area contributed by atoms with E-state index in [1.165, 1.54) is 0 Å². The number of carbonyl (C=O) groups is 2. The molecule has 0 saturated carbocycles. The van der Waals surface area contributed by atoms with E-state index in [-0.39, 0.29) is 24.3 Å². The molecule has 1 N–H and O–H groups in total. The van der Waals surface area contributed by atoms with Gasteiger partial charge < -0.3 is 14.7 Å². The van der Waals surface area contributed by atoms with Gasteiger partial charge in [-0.3, -0.25) is 9.59 Å². The van der Waals surface area contributed by atoms with Crippen molar-refractivity contribution in [1.29, 1.82) is 0 Å². The van der Waals surface area contributed by atoms with Crippen LogP contribution in [0.1, 0.15) is 34.1 Å². The largest absolute Gasteiger partial charge is 0.481 e. The molecule has 5 heteroatoms. The van der Waals surface area contributed by atoms with Crippen molar-refractivity contribution in [2.75, 3.05) is 19.7 Å². The first kappa shape index (κ1) is 15.0. The number of carboxylic acids is 1. The molecule has 18 heavy (non-hydrogen) atoms. The van der Waals surface area contributed by atoms with E-state index in [0.717, 1.165) is 0 Å². The lowest BCUT2D eigenvalue weighted by molar-refractivity contribution is -0.157. The van der Waals surface area contributed by atoms with Gasteiger partial charge in [-0.05, 0) is 19.8 Å². The summed E-state index contributed by atoms with van der Waals surface area (Å²) in [5, 5.41) is 9.31. The van der Waals surface area contributed by atoms with Crippen molar-refractivity contribution in [1.82, 2.24) is 4.90 Å². The van der Waals surface area contributed by atoms with Crippen molar-refractivity contribution in [2.24, 2.45) is 11.3 Å². The Morgan fingerprint density at radius 2 is 2.11 bits per heavy atom. The third-order valence-corrected chi connectivity index (χ3v) is 3.88. The molecule has 0 aliphatic carbocycles. The molecule has 0 aromatic carbocycles. The highest BCUT2D eigenvalue weighted by molar-refractivity contribution is 5.85. The highest BCUT2D eigenvalue weighted by Crippen LogP contribution is 2.32. The Hall–Kier alpha value is -1.10. The Bertz CT molecular complexity index is 329. The summed E-state index contributed by atoms with van der Waals surface area (Å²) in [7, 11) is 0. The summed E-state index contributed by atoms with van der Waals surface area (Å²) in [6.45, 7) is 8.86. The van der Waals surface area contributed by atoms with Crippen molar-refractivity contribution < 1.29 is 19.4 Å². The van der Waals surface area contributed by atoms with Crippen LogP contribution in [0.25, 0.3) is 0 Å². The van der Waals surface area contributed by atoms with Gasteiger partial charge >= 0.3 is 5.97 Å². The summed E-state index contributed by atoms with van der Waals surface area (Å²) in [5.74, 6) is -1.09. The molecule has 1 saturated heterocycles. The number of amides is 1. The van der Waals surface area contributed by atoms with Crippen LogP contribution in [0.4, 0.5) is 0 Å². The predicted octanol–water partition coefficient (Wildman–Crippen LogP) is 1.37. The lowest BCUT2D eigenvalue weighted by Gasteiger charge is -2.35. The van der Waals surface area contributed by atoms with Crippen LogP contribution in [0.15, 0.2) is 0 Å². The van der Waals surface area contributed by atoms with Gasteiger partial charge in [-0.1, -0.05) is 13.8 Å². The number of hydrogen-bond acceptors (Lipinski definition) is 3. The predicted molar refractivity (Wildman–Crippen MR) is 67.2 cm³/mol. The smallest absolute Gasteiger partial charge is 0.310 e. The van der Waals surface area contributed by atoms with Crippen LogP contribution in [-0.4, -0.2) is 47.7 Å². The molecule has 1 aliphatic rings. The average molecular weight is 257 g/mol. The van der Waals surface area contributed by atoms with Crippen LogP contribution in [0, 0.1) is 11.3 Å².